The summed E-state index contributed by atoms with van der Waals surface area (Å²) in [6, 6.07) is 10.4. The summed E-state index contributed by atoms with van der Waals surface area (Å²) in [5, 5.41) is 13.1. The zero-order valence-corrected chi connectivity index (χ0v) is 10.4. The fourth-order valence-electron chi connectivity index (χ4n) is 2.00. The molecule has 2 aromatic heterocycles. The quantitative estimate of drug-likeness (QED) is 0.761. The molecule has 20 heavy (non-hydrogen) atoms. The van der Waals surface area contributed by atoms with Crippen LogP contribution in [0, 0.1) is 0 Å². The van der Waals surface area contributed by atoms with Crippen molar-refractivity contribution in [2.75, 3.05) is 5.32 Å². The van der Waals surface area contributed by atoms with E-state index in [9.17, 15) is 9.90 Å². The third-order valence-corrected chi connectivity index (χ3v) is 2.91. The second kappa shape index (κ2) is 4.97. The fourth-order valence-corrected chi connectivity index (χ4v) is 2.00. The van der Waals surface area contributed by atoms with E-state index in [1.165, 1.54) is 0 Å². The molecule has 0 amide bonds. The Morgan fingerprint density at radius 1 is 1.10 bits per heavy atom. The molecule has 0 atom stereocenters. The molecule has 3 aromatic rings. The van der Waals surface area contributed by atoms with Crippen LogP contribution in [-0.2, 0) is 0 Å². The summed E-state index contributed by atoms with van der Waals surface area (Å²) in [5.41, 5.74) is 2.44. The van der Waals surface area contributed by atoms with E-state index in [1.807, 2.05) is 18.2 Å². The molecule has 0 unspecified atom stereocenters. The maximum atomic E-state index is 11.2. The van der Waals surface area contributed by atoms with Crippen molar-refractivity contribution < 1.29 is 9.90 Å². The Balaban J connectivity index is 2.15. The highest BCUT2D eigenvalue weighted by Gasteiger charge is 2.10. The van der Waals surface area contributed by atoms with Gasteiger partial charge in [0.1, 0.15) is 0 Å². The number of hydrogen-bond donors (Lipinski definition) is 2. The molecule has 1 aromatic carbocycles. The Hall–Kier alpha value is -2.95. The average Bonchev–Trinajstić information content (AvgIpc) is 2.48. The monoisotopic (exact) mass is 265 g/mol. The molecule has 0 spiro atoms. The lowest BCUT2D eigenvalue weighted by atomic mass is 10.1. The first kappa shape index (κ1) is 12.1. The van der Waals surface area contributed by atoms with Gasteiger partial charge in [0.25, 0.3) is 0 Å². The van der Waals surface area contributed by atoms with Gasteiger partial charge >= 0.3 is 5.97 Å². The van der Waals surface area contributed by atoms with Crippen LogP contribution in [-0.4, -0.2) is 21.0 Å². The first-order valence-electron chi connectivity index (χ1n) is 6.03. The predicted molar refractivity (Wildman–Crippen MR) is 76.2 cm³/mol. The van der Waals surface area contributed by atoms with Crippen molar-refractivity contribution in [3.05, 3.63) is 60.6 Å². The number of nitrogens with zero attached hydrogens (tertiary/aromatic N) is 2. The standard InChI is InChI=1S/C15H11N3O2/c19-15(20)11-8-10-2-1-5-17-14(10)13(9-11)18-12-3-6-16-7-4-12/h1-9H,(H,16,18)(H,19,20). The number of pyridine rings is 2. The summed E-state index contributed by atoms with van der Waals surface area (Å²) < 4.78 is 0. The largest absolute Gasteiger partial charge is 0.478 e. The van der Waals surface area contributed by atoms with Gasteiger partial charge in [0.05, 0.1) is 16.8 Å². The molecule has 0 fully saturated rings. The molecule has 0 saturated heterocycles. The van der Waals surface area contributed by atoms with E-state index in [0.717, 1.165) is 16.6 Å². The normalized spacial score (nSPS) is 10.4. The topological polar surface area (TPSA) is 75.1 Å². The number of benzene rings is 1. The first-order chi connectivity index (χ1) is 9.74. The van der Waals surface area contributed by atoms with E-state index in [1.54, 1.807) is 36.8 Å². The van der Waals surface area contributed by atoms with Crippen LogP contribution in [0.5, 0.6) is 0 Å². The van der Waals surface area contributed by atoms with E-state index in [4.69, 9.17) is 0 Å². The van der Waals surface area contributed by atoms with Crippen LogP contribution in [0.4, 0.5) is 11.4 Å². The van der Waals surface area contributed by atoms with Gasteiger partial charge in [0, 0.05) is 29.7 Å². The number of hydrogen-bond acceptors (Lipinski definition) is 4. The summed E-state index contributed by atoms with van der Waals surface area (Å²) in [4.78, 5) is 19.4. The second-order valence-corrected chi connectivity index (χ2v) is 4.26. The van der Waals surface area contributed by atoms with Crippen LogP contribution >= 0.6 is 0 Å². The Labute approximate surface area is 114 Å². The average molecular weight is 265 g/mol. The number of nitrogens with one attached hydrogen (secondary N) is 1. The van der Waals surface area contributed by atoms with Crippen molar-refractivity contribution in [3.63, 3.8) is 0 Å². The molecular weight excluding hydrogens is 254 g/mol. The number of aromatic carboxylic acids is 1. The highest BCUT2D eigenvalue weighted by molar-refractivity contribution is 6.00. The van der Waals surface area contributed by atoms with E-state index < -0.39 is 5.97 Å². The highest BCUT2D eigenvalue weighted by atomic mass is 16.4. The molecule has 0 saturated carbocycles. The van der Waals surface area contributed by atoms with Gasteiger partial charge in [0.2, 0.25) is 0 Å². The number of aromatic nitrogens is 2. The molecule has 0 aliphatic heterocycles. The number of carboxylic acid groups (broad SMARTS) is 1. The van der Waals surface area contributed by atoms with Gasteiger partial charge in [-0.3, -0.25) is 9.97 Å². The minimum absolute atomic E-state index is 0.224. The lowest BCUT2D eigenvalue weighted by Crippen LogP contribution is -2.00. The summed E-state index contributed by atoms with van der Waals surface area (Å²) >= 11 is 0. The van der Waals surface area contributed by atoms with Crippen molar-refractivity contribution in [2.24, 2.45) is 0 Å². The molecule has 5 heteroatoms. The van der Waals surface area contributed by atoms with Crippen molar-refractivity contribution in [1.29, 1.82) is 0 Å². The Bertz CT molecular complexity index is 772. The molecule has 2 heterocycles. The molecule has 0 bridgehead atoms. The molecular formula is C15H11N3O2. The van der Waals surface area contributed by atoms with E-state index in [0.29, 0.717) is 5.69 Å². The van der Waals surface area contributed by atoms with Crippen LogP contribution in [0.15, 0.2) is 55.0 Å². The number of fused-ring (bicyclic) bond motifs is 1. The zero-order valence-electron chi connectivity index (χ0n) is 10.4. The van der Waals surface area contributed by atoms with Gasteiger partial charge in [-0.15, -0.1) is 0 Å². The highest BCUT2D eigenvalue weighted by Crippen LogP contribution is 2.26. The van der Waals surface area contributed by atoms with Crippen LogP contribution in [0.25, 0.3) is 10.9 Å². The minimum Gasteiger partial charge on any atom is -0.478 e. The third kappa shape index (κ3) is 2.29. The maximum absolute atomic E-state index is 11.2. The number of anilines is 2. The van der Waals surface area contributed by atoms with Crippen LogP contribution in [0.1, 0.15) is 10.4 Å². The van der Waals surface area contributed by atoms with Crippen molar-refractivity contribution in [3.8, 4) is 0 Å². The van der Waals surface area contributed by atoms with Crippen LogP contribution in [0.3, 0.4) is 0 Å². The van der Waals surface area contributed by atoms with Gasteiger partial charge < -0.3 is 10.4 Å². The van der Waals surface area contributed by atoms with E-state index in [2.05, 4.69) is 15.3 Å². The van der Waals surface area contributed by atoms with Crippen LogP contribution < -0.4 is 5.32 Å². The zero-order chi connectivity index (χ0) is 13.9. The maximum Gasteiger partial charge on any atom is 0.335 e. The lowest BCUT2D eigenvalue weighted by Gasteiger charge is -2.10. The van der Waals surface area contributed by atoms with Gasteiger partial charge in [-0.2, -0.15) is 0 Å². The minimum atomic E-state index is -0.964. The van der Waals surface area contributed by atoms with Crippen LogP contribution in [0.2, 0.25) is 0 Å². The second-order valence-electron chi connectivity index (χ2n) is 4.26. The molecule has 2 N–H and O–H groups in total. The fraction of sp³-hybridized carbons (Fsp3) is 0. The molecule has 0 radical (unpaired) electrons. The van der Waals surface area contributed by atoms with E-state index >= 15 is 0 Å². The molecule has 3 rings (SSSR count). The number of carbonyl (C=O) groups is 1. The van der Waals surface area contributed by atoms with Gasteiger partial charge in [0.15, 0.2) is 0 Å². The Morgan fingerprint density at radius 3 is 2.65 bits per heavy atom. The lowest BCUT2D eigenvalue weighted by molar-refractivity contribution is 0.0697. The summed E-state index contributed by atoms with van der Waals surface area (Å²) in [6.45, 7) is 0. The number of carboxylic acids is 1. The first-order valence-corrected chi connectivity index (χ1v) is 6.03. The predicted octanol–water partition coefficient (Wildman–Crippen LogP) is 3.07. The van der Waals surface area contributed by atoms with Crippen molar-refractivity contribution >= 4 is 28.2 Å². The van der Waals surface area contributed by atoms with Gasteiger partial charge in [-0.25, -0.2) is 4.79 Å². The Kier molecular flexibility index (Phi) is 3.01. The third-order valence-electron chi connectivity index (χ3n) is 2.91. The van der Waals surface area contributed by atoms with E-state index in [-0.39, 0.29) is 5.56 Å². The summed E-state index contributed by atoms with van der Waals surface area (Å²) in [6.07, 6.45) is 5.01. The summed E-state index contributed by atoms with van der Waals surface area (Å²) in [5.74, 6) is -0.964. The Morgan fingerprint density at radius 2 is 1.90 bits per heavy atom. The smallest absolute Gasteiger partial charge is 0.335 e. The molecule has 0 aliphatic carbocycles. The molecule has 5 nitrogen and oxygen atoms in total. The van der Waals surface area contributed by atoms with Gasteiger partial charge in [-0.05, 0) is 30.3 Å². The SMILES string of the molecule is O=C(O)c1cc(Nc2ccncc2)c2ncccc2c1. The van der Waals surface area contributed by atoms with Crippen molar-refractivity contribution in [1.82, 2.24) is 9.97 Å². The van der Waals surface area contributed by atoms with Gasteiger partial charge in [-0.1, -0.05) is 6.07 Å². The molecule has 98 valence electrons. The number of rotatable bonds is 3. The van der Waals surface area contributed by atoms with Crippen molar-refractivity contribution in [2.45, 2.75) is 0 Å². The molecule has 0 aliphatic rings. The summed E-state index contributed by atoms with van der Waals surface area (Å²) in [7, 11) is 0.